The molecule has 0 aliphatic heterocycles. The number of hydrogen-bond donors (Lipinski definition) is 0. The molecule has 0 aliphatic rings. The SMILES string of the molecule is C[CH]OCCCCCCCCCCCCCCCCCCC. The molecule has 22 heavy (non-hydrogen) atoms. The first-order valence-corrected chi connectivity index (χ1v) is 10.3. The molecule has 0 saturated heterocycles. The predicted octanol–water partition coefficient (Wildman–Crippen LogP) is 7.84. The van der Waals surface area contributed by atoms with Crippen LogP contribution >= 0.6 is 0 Å². The van der Waals surface area contributed by atoms with Gasteiger partial charge in [-0.15, -0.1) is 0 Å². The van der Waals surface area contributed by atoms with Crippen molar-refractivity contribution >= 4 is 0 Å². The number of hydrogen-bond acceptors (Lipinski definition) is 1. The first-order chi connectivity index (χ1) is 10.9. The van der Waals surface area contributed by atoms with Crippen LogP contribution in [0.3, 0.4) is 0 Å². The van der Waals surface area contributed by atoms with E-state index >= 15 is 0 Å². The molecule has 0 aromatic heterocycles. The van der Waals surface area contributed by atoms with E-state index in [9.17, 15) is 0 Å². The summed E-state index contributed by atoms with van der Waals surface area (Å²) < 4.78 is 5.23. The molecule has 0 rings (SSSR count). The van der Waals surface area contributed by atoms with Crippen molar-refractivity contribution in [3.63, 3.8) is 0 Å². The van der Waals surface area contributed by atoms with Crippen LogP contribution in [0, 0.1) is 6.61 Å². The third-order valence-corrected chi connectivity index (χ3v) is 4.53. The molecule has 1 radical (unpaired) electrons. The van der Waals surface area contributed by atoms with Gasteiger partial charge in [0.2, 0.25) is 0 Å². The Balaban J connectivity index is 2.91. The van der Waals surface area contributed by atoms with Crippen molar-refractivity contribution in [3.8, 4) is 0 Å². The Kier molecular flexibility index (Phi) is 20.9. The molecule has 0 bridgehead atoms. The molecule has 0 fully saturated rings. The molecule has 1 nitrogen and oxygen atoms in total. The Morgan fingerprint density at radius 3 is 1.14 bits per heavy atom. The van der Waals surface area contributed by atoms with Crippen molar-refractivity contribution in [1.29, 1.82) is 0 Å². The monoisotopic (exact) mass is 311 g/mol. The van der Waals surface area contributed by atoms with E-state index in [1.807, 2.05) is 6.92 Å². The largest absolute Gasteiger partial charge is 0.376 e. The van der Waals surface area contributed by atoms with E-state index < -0.39 is 0 Å². The van der Waals surface area contributed by atoms with Crippen molar-refractivity contribution in [2.75, 3.05) is 6.61 Å². The van der Waals surface area contributed by atoms with Gasteiger partial charge in [0, 0.05) is 6.61 Å². The first-order valence-electron chi connectivity index (χ1n) is 10.3. The van der Waals surface area contributed by atoms with E-state index in [-0.39, 0.29) is 0 Å². The third-order valence-electron chi connectivity index (χ3n) is 4.53. The normalized spacial score (nSPS) is 11.2. The molecule has 133 valence electrons. The van der Waals surface area contributed by atoms with Crippen LogP contribution < -0.4 is 0 Å². The van der Waals surface area contributed by atoms with Gasteiger partial charge in [0.05, 0.1) is 6.61 Å². The fraction of sp³-hybridized carbons (Fsp3) is 0.952. The molecular formula is C21H43O. The minimum atomic E-state index is 0.912. The van der Waals surface area contributed by atoms with Gasteiger partial charge in [-0.1, -0.05) is 110 Å². The van der Waals surface area contributed by atoms with Gasteiger partial charge in [-0.05, 0) is 13.3 Å². The van der Waals surface area contributed by atoms with Gasteiger partial charge < -0.3 is 4.74 Å². The van der Waals surface area contributed by atoms with E-state index in [2.05, 4.69) is 6.92 Å². The maximum atomic E-state index is 5.23. The van der Waals surface area contributed by atoms with Crippen molar-refractivity contribution in [3.05, 3.63) is 6.61 Å². The summed E-state index contributed by atoms with van der Waals surface area (Å²) in [5, 5.41) is 0. The van der Waals surface area contributed by atoms with Gasteiger partial charge in [-0.2, -0.15) is 0 Å². The molecule has 0 unspecified atom stereocenters. The lowest BCUT2D eigenvalue weighted by atomic mass is 10.0. The van der Waals surface area contributed by atoms with Crippen LogP contribution in [0.4, 0.5) is 0 Å². The van der Waals surface area contributed by atoms with E-state index in [0.717, 1.165) is 6.61 Å². The summed E-state index contributed by atoms with van der Waals surface area (Å²) in [6.45, 7) is 6.95. The predicted molar refractivity (Wildman–Crippen MR) is 100 cm³/mol. The molecule has 1 heteroatoms. The van der Waals surface area contributed by atoms with Crippen LogP contribution in [0.2, 0.25) is 0 Å². The summed E-state index contributed by atoms with van der Waals surface area (Å²) in [7, 11) is 0. The van der Waals surface area contributed by atoms with Crippen LogP contribution in [0.5, 0.6) is 0 Å². The molecular weight excluding hydrogens is 268 g/mol. The third kappa shape index (κ3) is 20.0. The number of rotatable bonds is 19. The van der Waals surface area contributed by atoms with Crippen molar-refractivity contribution in [2.45, 2.75) is 123 Å². The standard InChI is InChI=1S/C21H43O/c1-3-5-6-7-8-9-10-11-12-13-14-15-16-17-18-19-20-21-22-4-2/h4H,3,5-21H2,1-2H3. The molecule has 0 N–H and O–H groups in total. The van der Waals surface area contributed by atoms with Crippen LogP contribution in [0.25, 0.3) is 0 Å². The second kappa shape index (κ2) is 21.0. The van der Waals surface area contributed by atoms with Gasteiger partial charge in [0.1, 0.15) is 0 Å². The van der Waals surface area contributed by atoms with Gasteiger partial charge in [-0.3, -0.25) is 0 Å². The van der Waals surface area contributed by atoms with Crippen LogP contribution in [-0.2, 0) is 4.74 Å². The van der Waals surface area contributed by atoms with E-state index in [1.165, 1.54) is 109 Å². The van der Waals surface area contributed by atoms with Gasteiger partial charge in [0.15, 0.2) is 0 Å². The summed E-state index contributed by atoms with van der Waals surface area (Å²) in [6, 6.07) is 0. The molecule has 0 atom stereocenters. The lowest BCUT2D eigenvalue weighted by Gasteiger charge is -2.04. The highest BCUT2D eigenvalue weighted by Gasteiger charge is 1.94. The highest BCUT2D eigenvalue weighted by molar-refractivity contribution is 4.50. The molecule has 0 saturated carbocycles. The average molecular weight is 312 g/mol. The Labute approximate surface area is 141 Å². The topological polar surface area (TPSA) is 9.23 Å². The van der Waals surface area contributed by atoms with Gasteiger partial charge in [0.25, 0.3) is 0 Å². The second-order valence-corrected chi connectivity index (χ2v) is 6.76. The first kappa shape index (κ1) is 22.0. The lowest BCUT2D eigenvalue weighted by Crippen LogP contribution is -1.89. The van der Waals surface area contributed by atoms with Crippen molar-refractivity contribution < 1.29 is 4.74 Å². The van der Waals surface area contributed by atoms with E-state index in [4.69, 9.17) is 4.74 Å². The summed E-state index contributed by atoms with van der Waals surface area (Å²) in [6.07, 6.45) is 24.3. The Morgan fingerprint density at radius 1 is 0.500 bits per heavy atom. The summed E-state index contributed by atoms with van der Waals surface area (Å²) in [5.41, 5.74) is 0. The Morgan fingerprint density at radius 2 is 0.818 bits per heavy atom. The molecule has 0 heterocycles. The molecule has 0 aliphatic carbocycles. The molecule has 0 aromatic carbocycles. The quantitative estimate of drug-likeness (QED) is 0.221. The highest BCUT2D eigenvalue weighted by atomic mass is 16.5. The minimum absolute atomic E-state index is 0.912. The zero-order chi connectivity index (χ0) is 16.1. The Hall–Kier alpha value is -0.0400. The maximum Gasteiger partial charge on any atom is 0.0805 e. The van der Waals surface area contributed by atoms with Gasteiger partial charge in [-0.25, -0.2) is 0 Å². The van der Waals surface area contributed by atoms with Crippen LogP contribution in [0.1, 0.15) is 123 Å². The van der Waals surface area contributed by atoms with E-state index in [0.29, 0.717) is 0 Å². The fourth-order valence-corrected chi connectivity index (χ4v) is 3.03. The Bertz CT molecular complexity index is 159. The van der Waals surface area contributed by atoms with Crippen molar-refractivity contribution in [1.82, 2.24) is 0 Å². The maximum absolute atomic E-state index is 5.23. The summed E-state index contributed by atoms with van der Waals surface area (Å²) >= 11 is 0. The van der Waals surface area contributed by atoms with Crippen LogP contribution in [-0.4, -0.2) is 6.61 Å². The average Bonchev–Trinajstić information content (AvgIpc) is 2.54. The smallest absolute Gasteiger partial charge is 0.0805 e. The van der Waals surface area contributed by atoms with Gasteiger partial charge >= 0.3 is 0 Å². The number of ether oxygens (including phenoxy) is 1. The summed E-state index contributed by atoms with van der Waals surface area (Å²) in [5.74, 6) is 0. The van der Waals surface area contributed by atoms with E-state index in [1.54, 1.807) is 6.61 Å². The zero-order valence-electron chi connectivity index (χ0n) is 15.7. The lowest BCUT2D eigenvalue weighted by molar-refractivity contribution is 0.197. The summed E-state index contributed by atoms with van der Waals surface area (Å²) in [4.78, 5) is 0. The molecule has 0 aromatic rings. The highest BCUT2D eigenvalue weighted by Crippen LogP contribution is 2.13. The molecule has 0 amide bonds. The van der Waals surface area contributed by atoms with Crippen molar-refractivity contribution in [2.24, 2.45) is 0 Å². The minimum Gasteiger partial charge on any atom is -0.376 e. The number of unbranched alkanes of at least 4 members (excludes halogenated alkanes) is 16. The second-order valence-electron chi connectivity index (χ2n) is 6.76. The molecule has 0 spiro atoms. The fourth-order valence-electron chi connectivity index (χ4n) is 3.03. The zero-order valence-corrected chi connectivity index (χ0v) is 15.7. The van der Waals surface area contributed by atoms with Crippen LogP contribution in [0.15, 0.2) is 0 Å².